The molecule has 0 aliphatic rings. The van der Waals surface area contributed by atoms with Gasteiger partial charge >= 0.3 is 0 Å². The van der Waals surface area contributed by atoms with Gasteiger partial charge in [-0.1, -0.05) is 60.7 Å². The fourth-order valence-electron chi connectivity index (χ4n) is 1.84. The lowest BCUT2D eigenvalue weighted by Gasteiger charge is -2.15. The maximum Gasteiger partial charge on any atom is 0.0378 e. The maximum absolute atomic E-state index is 2.24. The Kier molecular flexibility index (Phi) is 5.10. The SMILES string of the molecule is C/C=C/CC(Sc1ccccc1)c1ccccc1. The molecule has 0 fully saturated rings. The first kappa shape index (κ1) is 13.0. The molecule has 92 valence electrons. The number of thioether (sulfide) groups is 1. The van der Waals surface area contributed by atoms with Crippen LogP contribution >= 0.6 is 11.8 Å². The zero-order valence-electron chi connectivity index (χ0n) is 10.6. The normalized spacial score (nSPS) is 12.7. The summed E-state index contributed by atoms with van der Waals surface area (Å²) in [5.41, 5.74) is 1.39. The Hall–Kier alpha value is -1.47. The van der Waals surface area contributed by atoms with E-state index in [1.54, 1.807) is 0 Å². The Morgan fingerprint density at radius 2 is 1.56 bits per heavy atom. The van der Waals surface area contributed by atoms with Gasteiger partial charge in [-0.15, -0.1) is 11.8 Å². The molecule has 0 aliphatic carbocycles. The molecule has 2 rings (SSSR count). The van der Waals surface area contributed by atoms with Crippen LogP contribution in [0.15, 0.2) is 77.7 Å². The molecule has 0 N–H and O–H groups in total. The highest BCUT2D eigenvalue weighted by atomic mass is 32.2. The average molecular weight is 254 g/mol. The molecule has 18 heavy (non-hydrogen) atoms. The Balaban J connectivity index is 2.16. The fourth-order valence-corrected chi connectivity index (χ4v) is 2.99. The van der Waals surface area contributed by atoms with Crippen molar-refractivity contribution in [1.82, 2.24) is 0 Å². The van der Waals surface area contributed by atoms with Crippen molar-refractivity contribution in [3.8, 4) is 0 Å². The van der Waals surface area contributed by atoms with Gasteiger partial charge in [-0.3, -0.25) is 0 Å². The topological polar surface area (TPSA) is 0 Å². The van der Waals surface area contributed by atoms with E-state index in [4.69, 9.17) is 0 Å². The lowest BCUT2D eigenvalue weighted by atomic mass is 10.1. The third-order valence-corrected chi connectivity index (χ3v) is 4.07. The van der Waals surface area contributed by atoms with Crippen LogP contribution in [0, 0.1) is 0 Å². The predicted octanol–water partition coefficient (Wildman–Crippen LogP) is 5.49. The second kappa shape index (κ2) is 7.07. The molecule has 1 atom stereocenters. The zero-order chi connectivity index (χ0) is 12.6. The molecule has 0 saturated carbocycles. The van der Waals surface area contributed by atoms with Crippen molar-refractivity contribution in [1.29, 1.82) is 0 Å². The van der Waals surface area contributed by atoms with E-state index >= 15 is 0 Å². The van der Waals surface area contributed by atoms with Crippen LogP contribution in [0.3, 0.4) is 0 Å². The van der Waals surface area contributed by atoms with Crippen LogP contribution in [0.2, 0.25) is 0 Å². The van der Waals surface area contributed by atoms with Crippen molar-refractivity contribution in [3.05, 3.63) is 78.4 Å². The molecule has 2 aromatic rings. The van der Waals surface area contributed by atoms with E-state index in [1.165, 1.54) is 10.5 Å². The minimum Gasteiger partial charge on any atom is -0.118 e. The molecule has 0 bridgehead atoms. The third-order valence-electron chi connectivity index (χ3n) is 2.78. The Labute approximate surface area is 114 Å². The number of hydrogen-bond donors (Lipinski definition) is 0. The van der Waals surface area contributed by atoms with Crippen LogP contribution in [0.25, 0.3) is 0 Å². The Morgan fingerprint density at radius 1 is 0.944 bits per heavy atom. The predicted molar refractivity (Wildman–Crippen MR) is 80.9 cm³/mol. The van der Waals surface area contributed by atoms with E-state index in [0.717, 1.165) is 6.42 Å². The molecule has 0 amide bonds. The second-order valence-corrected chi connectivity index (χ2v) is 5.41. The first-order valence-corrected chi connectivity index (χ1v) is 7.16. The fraction of sp³-hybridized carbons (Fsp3) is 0.176. The summed E-state index contributed by atoms with van der Waals surface area (Å²) in [7, 11) is 0. The highest BCUT2D eigenvalue weighted by molar-refractivity contribution is 7.99. The van der Waals surface area contributed by atoms with Gasteiger partial charge in [0.1, 0.15) is 0 Å². The third kappa shape index (κ3) is 3.78. The summed E-state index contributed by atoms with van der Waals surface area (Å²) in [6.45, 7) is 2.08. The van der Waals surface area contributed by atoms with Crippen LogP contribution in [0.4, 0.5) is 0 Å². The zero-order valence-corrected chi connectivity index (χ0v) is 11.4. The van der Waals surface area contributed by atoms with Gasteiger partial charge in [0.25, 0.3) is 0 Å². The summed E-state index contributed by atoms with van der Waals surface area (Å²) in [6, 6.07) is 21.3. The van der Waals surface area contributed by atoms with E-state index in [1.807, 2.05) is 11.8 Å². The largest absolute Gasteiger partial charge is 0.118 e. The smallest absolute Gasteiger partial charge is 0.0378 e. The van der Waals surface area contributed by atoms with E-state index in [0.29, 0.717) is 5.25 Å². The van der Waals surface area contributed by atoms with Crippen LogP contribution in [0.1, 0.15) is 24.2 Å². The summed E-state index contributed by atoms with van der Waals surface area (Å²) < 4.78 is 0. The highest BCUT2D eigenvalue weighted by Crippen LogP contribution is 2.37. The average Bonchev–Trinajstić information content (AvgIpc) is 2.45. The lowest BCUT2D eigenvalue weighted by molar-refractivity contribution is 0.966. The molecule has 0 radical (unpaired) electrons. The molecule has 2 aromatic carbocycles. The van der Waals surface area contributed by atoms with Gasteiger partial charge in [-0.05, 0) is 31.0 Å². The first-order chi connectivity index (χ1) is 8.90. The van der Waals surface area contributed by atoms with E-state index < -0.39 is 0 Å². The monoisotopic (exact) mass is 254 g/mol. The summed E-state index contributed by atoms with van der Waals surface area (Å²) in [5, 5.41) is 0.491. The van der Waals surface area contributed by atoms with E-state index in [2.05, 4.69) is 79.7 Å². The minimum atomic E-state index is 0.491. The molecule has 1 heteroatoms. The van der Waals surface area contributed by atoms with Gasteiger partial charge < -0.3 is 0 Å². The second-order valence-electron chi connectivity index (χ2n) is 4.13. The molecule has 1 unspecified atom stereocenters. The van der Waals surface area contributed by atoms with Gasteiger partial charge in [0.15, 0.2) is 0 Å². The van der Waals surface area contributed by atoms with Gasteiger partial charge in [0.2, 0.25) is 0 Å². The molecular formula is C17H18S. The standard InChI is InChI=1S/C17H18S/c1-2-3-14-17(15-10-6-4-7-11-15)18-16-12-8-5-9-13-16/h2-13,17H,14H2,1H3/b3-2+. The molecule has 0 spiro atoms. The van der Waals surface area contributed by atoms with Gasteiger partial charge in [0.05, 0.1) is 0 Å². The van der Waals surface area contributed by atoms with Gasteiger partial charge in [-0.25, -0.2) is 0 Å². The Bertz CT molecular complexity index is 473. The number of benzene rings is 2. The van der Waals surface area contributed by atoms with Crippen molar-refractivity contribution in [3.63, 3.8) is 0 Å². The van der Waals surface area contributed by atoms with Crippen molar-refractivity contribution in [2.24, 2.45) is 0 Å². The van der Waals surface area contributed by atoms with E-state index in [9.17, 15) is 0 Å². The molecule has 0 heterocycles. The van der Waals surface area contributed by atoms with E-state index in [-0.39, 0.29) is 0 Å². The summed E-state index contributed by atoms with van der Waals surface area (Å²) >= 11 is 1.93. The highest BCUT2D eigenvalue weighted by Gasteiger charge is 2.10. The summed E-state index contributed by atoms with van der Waals surface area (Å²) in [5.74, 6) is 0. The van der Waals surface area contributed by atoms with Gasteiger partial charge in [0, 0.05) is 10.1 Å². The number of allylic oxidation sites excluding steroid dienone is 2. The molecule has 0 nitrogen and oxygen atoms in total. The Morgan fingerprint density at radius 3 is 2.17 bits per heavy atom. The molecular weight excluding hydrogens is 236 g/mol. The number of hydrogen-bond acceptors (Lipinski definition) is 1. The quantitative estimate of drug-likeness (QED) is 0.502. The summed E-state index contributed by atoms with van der Waals surface area (Å²) in [4.78, 5) is 1.33. The maximum atomic E-state index is 2.24. The van der Waals surface area contributed by atoms with Crippen molar-refractivity contribution >= 4 is 11.8 Å². The molecule has 0 aliphatic heterocycles. The van der Waals surface area contributed by atoms with Crippen LogP contribution in [0.5, 0.6) is 0 Å². The van der Waals surface area contributed by atoms with Crippen molar-refractivity contribution in [2.75, 3.05) is 0 Å². The van der Waals surface area contributed by atoms with Crippen molar-refractivity contribution in [2.45, 2.75) is 23.5 Å². The summed E-state index contributed by atoms with van der Waals surface area (Å²) in [6.07, 6.45) is 5.44. The van der Waals surface area contributed by atoms with Crippen LogP contribution in [-0.4, -0.2) is 0 Å². The van der Waals surface area contributed by atoms with Gasteiger partial charge in [-0.2, -0.15) is 0 Å². The first-order valence-electron chi connectivity index (χ1n) is 6.28. The van der Waals surface area contributed by atoms with Crippen LogP contribution < -0.4 is 0 Å². The van der Waals surface area contributed by atoms with Crippen LogP contribution in [-0.2, 0) is 0 Å². The number of rotatable bonds is 5. The molecule has 0 aromatic heterocycles. The molecule has 0 saturated heterocycles. The minimum absolute atomic E-state index is 0.491. The lowest BCUT2D eigenvalue weighted by Crippen LogP contribution is -1.92. The van der Waals surface area contributed by atoms with Crippen molar-refractivity contribution < 1.29 is 0 Å².